The molecule has 0 aliphatic heterocycles. The highest BCUT2D eigenvalue weighted by molar-refractivity contribution is 9.10. The Morgan fingerprint density at radius 3 is 2.55 bits per heavy atom. The molecule has 20 heavy (non-hydrogen) atoms. The predicted octanol–water partition coefficient (Wildman–Crippen LogP) is 4.55. The molecule has 2 aromatic carbocycles. The fourth-order valence-corrected chi connectivity index (χ4v) is 2.43. The molecule has 0 unspecified atom stereocenters. The standard InChI is InChI=1S/C16H17BrN2S/c1-11-7-8-14(9-12(11)2)19-16(20)18-10-13-5-3-4-6-15(13)17/h3-9H,10H2,1-2H3,(H2,18,19,20). The number of aryl methyl sites for hydroxylation is 2. The van der Waals surface area contributed by atoms with Gasteiger partial charge in [-0.1, -0.05) is 40.2 Å². The third-order valence-electron chi connectivity index (χ3n) is 3.16. The first-order chi connectivity index (χ1) is 9.56. The number of nitrogens with one attached hydrogen (secondary N) is 2. The summed E-state index contributed by atoms with van der Waals surface area (Å²) in [4.78, 5) is 0. The van der Waals surface area contributed by atoms with Crippen LogP contribution in [0.3, 0.4) is 0 Å². The van der Waals surface area contributed by atoms with E-state index in [1.807, 2.05) is 24.3 Å². The summed E-state index contributed by atoms with van der Waals surface area (Å²) in [6.07, 6.45) is 0. The minimum Gasteiger partial charge on any atom is -0.358 e. The van der Waals surface area contributed by atoms with E-state index in [-0.39, 0.29) is 0 Å². The molecule has 0 fully saturated rings. The van der Waals surface area contributed by atoms with Crippen molar-refractivity contribution in [2.24, 2.45) is 0 Å². The van der Waals surface area contributed by atoms with Gasteiger partial charge in [-0.2, -0.15) is 0 Å². The van der Waals surface area contributed by atoms with Gasteiger partial charge >= 0.3 is 0 Å². The van der Waals surface area contributed by atoms with Crippen molar-refractivity contribution >= 4 is 38.9 Å². The minimum absolute atomic E-state index is 0.629. The quantitative estimate of drug-likeness (QED) is 0.795. The zero-order valence-electron chi connectivity index (χ0n) is 11.5. The molecule has 2 nitrogen and oxygen atoms in total. The number of hydrogen-bond donors (Lipinski definition) is 2. The molecule has 0 atom stereocenters. The Labute approximate surface area is 133 Å². The van der Waals surface area contributed by atoms with Gasteiger partial charge in [-0.05, 0) is 61.0 Å². The van der Waals surface area contributed by atoms with Crippen LogP contribution >= 0.6 is 28.1 Å². The molecule has 0 aliphatic rings. The summed E-state index contributed by atoms with van der Waals surface area (Å²) in [5.41, 5.74) is 4.72. The normalized spacial score (nSPS) is 10.2. The summed E-state index contributed by atoms with van der Waals surface area (Å²) in [5.74, 6) is 0. The Morgan fingerprint density at radius 1 is 1.10 bits per heavy atom. The van der Waals surface area contributed by atoms with Crippen LogP contribution < -0.4 is 10.6 Å². The maximum absolute atomic E-state index is 5.32. The summed E-state index contributed by atoms with van der Waals surface area (Å²) in [7, 11) is 0. The summed E-state index contributed by atoms with van der Waals surface area (Å²) in [6, 6.07) is 14.3. The second-order valence-corrected chi connectivity index (χ2v) is 5.96. The molecule has 2 rings (SSSR count). The Bertz CT molecular complexity index is 626. The molecule has 4 heteroatoms. The number of benzene rings is 2. The second kappa shape index (κ2) is 6.86. The first-order valence-electron chi connectivity index (χ1n) is 6.42. The molecular weight excluding hydrogens is 332 g/mol. The van der Waals surface area contributed by atoms with Gasteiger partial charge in [-0.15, -0.1) is 0 Å². The average molecular weight is 349 g/mol. The fourth-order valence-electron chi connectivity index (χ4n) is 1.81. The predicted molar refractivity (Wildman–Crippen MR) is 93.1 cm³/mol. The van der Waals surface area contributed by atoms with Crippen molar-refractivity contribution in [2.75, 3.05) is 5.32 Å². The van der Waals surface area contributed by atoms with Crippen LogP contribution in [0, 0.1) is 13.8 Å². The van der Waals surface area contributed by atoms with Crippen LogP contribution in [0.2, 0.25) is 0 Å². The zero-order chi connectivity index (χ0) is 14.5. The molecule has 0 saturated carbocycles. The van der Waals surface area contributed by atoms with Gasteiger partial charge in [0, 0.05) is 16.7 Å². The van der Waals surface area contributed by atoms with E-state index in [0.29, 0.717) is 11.7 Å². The highest BCUT2D eigenvalue weighted by atomic mass is 79.9. The molecule has 0 aromatic heterocycles. The van der Waals surface area contributed by atoms with Gasteiger partial charge < -0.3 is 10.6 Å². The van der Waals surface area contributed by atoms with Gasteiger partial charge in [0.2, 0.25) is 0 Å². The van der Waals surface area contributed by atoms with Crippen LogP contribution in [-0.2, 0) is 6.54 Å². The van der Waals surface area contributed by atoms with Crippen LogP contribution in [0.15, 0.2) is 46.9 Å². The van der Waals surface area contributed by atoms with E-state index in [9.17, 15) is 0 Å². The van der Waals surface area contributed by atoms with E-state index < -0.39 is 0 Å². The second-order valence-electron chi connectivity index (χ2n) is 4.70. The molecule has 2 aromatic rings. The van der Waals surface area contributed by atoms with Crippen molar-refractivity contribution < 1.29 is 0 Å². The van der Waals surface area contributed by atoms with E-state index in [1.165, 1.54) is 16.7 Å². The Kier molecular flexibility index (Phi) is 5.15. The van der Waals surface area contributed by atoms with Gasteiger partial charge in [0.05, 0.1) is 0 Å². The van der Waals surface area contributed by atoms with E-state index in [2.05, 4.69) is 58.6 Å². The summed E-state index contributed by atoms with van der Waals surface area (Å²) in [5, 5.41) is 7.05. The lowest BCUT2D eigenvalue weighted by Gasteiger charge is -2.12. The molecule has 0 spiro atoms. The van der Waals surface area contributed by atoms with Crippen molar-refractivity contribution in [2.45, 2.75) is 20.4 Å². The van der Waals surface area contributed by atoms with Gasteiger partial charge in [-0.25, -0.2) is 0 Å². The third kappa shape index (κ3) is 4.05. The lowest BCUT2D eigenvalue weighted by Crippen LogP contribution is -2.28. The maximum Gasteiger partial charge on any atom is 0.171 e. The number of thiocarbonyl (C=S) groups is 1. The number of rotatable bonds is 3. The number of hydrogen-bond acceptors (Lipinski definition) is 1. The number of anilines is 1. The number of halogens is 1. The highest BCUT2D eigenvalue weighted by Gasteiger charge is 2.02. The molecule has 0 heterocycles. The Hall–Kier alpha value is -1.39. The van der Waals surface area contributed by atoms with E-state index in [1.54, 1.807) is 0 Å². The van der Waals surface area contributed by atoms with E-state index >= 15 is 0 Å². The first-order valence-corrected chi connectivity index (χ1v) is 7.62. The van der Waals surface area contributed by atoms with Gasteiger partial charge in [0.25, 0.3) is 0 Å². The zero-order valence-corrected chi connectivity index (χ0v) is 13.9. The van der Waals surface area contributed by atoms with Crippen LogP contribution in [0.25, 0.3) is 0 Å². The molecule has 0 amide bonds. The molecular formula is C16H17BrN2S. The minimum atomic E-state index is 0.629. The van der Waals surface area contributed by atoms with Crippen LogP contribution in [0.1, 0.15) is 16.7 Å². The van der Waals surface area contributed by atoms with Crippen molar-refractivity contribution in [1.82, 2.24) is 5.32 Å². The van der Waals surface area contributed by atoms with Gasteiger partial charge in [0.15, 0.2) is 5.11 Å². The molecule has 0 aliphatic carbocycles. The molecule has 104 valence electrons. The van der Waals surface area contributed by atoms with E-state index in [0.717, 1.165) is 10.2 Å². The van der Waals surface area contributed by atoms with Crippen LogP contribution in [0.5, 0.6) is 0 Å². The van der Waals surface area contributed by atoms with Crippen molar-refractivity contribution in [3.8, 4) is 0 Å². The van der Waals surface area contributed by atoms with Crippen LogP contribution in [-0.4, -0.2) is 5.11 Å². The lowest BCUT2D eigenvalue weighted by molar-refractivity contribution is 0.920. The van der Waals surface area contributed by atoms with Gasteiger partial charge in [-0.3, -0.25) is 0 Å². The SMILES string of the molecule is Cc1ccc(NC(=S)NCc2ccccc2Br)cc1C. The molecule has 0 bridgehead atoms. The lowest BCUT2D eigenvalue weighted by atomic mass is 10.1. The average Bonchev–Trinajstić information content (AvgIpc) is 2.42. The monoisotopic (exact) mass is 348 g/mol. The smallest absolute Gasteiger partial charge is 0.171 e. The Morgan fingerprint density at radius 2 is 1.85 bits per heavy atom. The summed E-state index contributed by atoms with van der Waals surface area (Å²) >= 11 is 8.84. The van der Waals surface area contributed by atoms with Crippen molar-refractivity contribution in [1.29, 1.82) is 0 Å². The topological polar surface area (TPSA) is 24.1 Å². The fraction of sp³-hybridized carbons (Fsp3) is 0.188. The first kappa shape index (κ1) is 15.0. The summed E-state index contributed by atoms with van der Waals surface area (Å²) in [6.45, 7) is 4.89. The van der Waals surface area contributed by atoms with Crippen molar-refractivity contribution in [3.05, 3.63) is 63.6 Å². The molecule has 0 saturated heterocycles. The largest absolute Gasteiger partial charge is 0.358 e. The van der Waals surface area contributed by atoms with E-state index in [4.69, 9.17) is 12.2 Å². The highest BCUT2D eigenvalue weighted by Crippen LogP contribution is 2.16. The molecule has 2 N–H and O–H groups in total. The van der Waals surface area contributed by atoms with Crippen molar-refractivity contribution in [3.63, 3.8) is 0 Å². The summed E-state index contributed by atoms with van der Waals surface area (Å²) < 4.78 is 1.08. The Balaban J connectivity index is 1.93. The maximum atomic E-state index is 5.32. The van der Waals surface area contributed by atoms with Gasteiger partial charge in [0.1, 0.15) is 0 Å². The third-order valence-corrected chi connectivity index (χ3v) is 4.18. The molecule has 0 radical (unpaired) electrons. The van der Waals surface area contributed by atoms with Crippen LogP contribution in [0.4, 0.5) is 5.69 Å².